The van der Waals surface area contributed by atoms with Crippen LogP contribution >= 0.6 is 0 Å². The van der Waals surface area contributed by atoms with Crippen molar-refractivity contribution in [3.8, 4) is 0 Å². The normalized spacial score (nSPS) is 15.1. The van der Waals surface area contributed by atoms with E-state index in [2.05, 4.69) is 27.7 Å². The van der Waals surface area contributed by atoms with Crippen LogP contribution in [0.25, 0.3) is 0 Å². The summed E-state index contributed by atoms with van der Waals surface area (Å²) in [5.41, 5.74) is 0. The van der Waals surface area contributed by atoms with Gasteiger partial charge < -0.3 is 0 Å². The van der Waals surface area contributed by atoms with Crippen molar-refractivity contribution in [1.29, 1.82) is 0 Å². The molecule has 19 heavy (non-hydrogen) atoms. The molecule has 0 saturated heterocycles. The summed E-state index contributed by atoms with van der Waals surface area (Å²) in [5.74, 6) is 2.59. The molecule has 0 saturated carbocycles. The monoisotopic (exact) mass is 266 g/mol. The van der Waals surface area contributed by atoms with Gasteiger partial charge in [-0.3, -0.25) is 4.79 Å². The van der Waals surface area contributed by atoms with Gasteiger partial charge in [0.15, 0.2) is 5.78 Å². The van der Waals surface area contributed by atoms with Crippen LogP contribution in [0.3, 0.4) is 0 Å². The van der Waals surface area contributed by atoms with E-state index < -0.39 is 0 Å². The molecule has 112 valence electrons. The summed E-state index contributed by atoms with van der Waals surface area (Å²) in [7, 11) is 0. The van der Waals surface area contributed by atoms with Crippen LogP contribution in [0, 0.1) is 17.8 Å². The Morgan fingerprint density at radius 1 is 0.895 bits per heavy atom. The van der Waals surface area contributed by atoms with Crippen molar-refractivity contribution in [2.75, 3.05) is 0 Å². The van der Waals surface area contributed by atoms with E-state index in [1.807, 2.05) is 6.08 Å². The molecule has 0 aliphatic rings. The molecule has 0 aromatic carbocycles. The van der Waals surface area contributed by atoms with Crippen molar-refractivity contribution < 1.29 is 4.79 Å². The maximum absolute atomic E-state index is 10.8. The lowest BCUT2D eigenvalue weighted by Crippen LogP contribution is -1.99. The lowest BCUT2D eigenvalue weighted by molar-refractivity contribution is -0.112. The number of carbonyl (C=O) groups is 1. The molecule has 1 nitrogen and oxygen atoms in total. The highest BCUT2D eigenvalue weighted by molar-refractivity contribution is 5.87. The first kappa shape index (κ1) is 18.4. The molecule has 0 radical (unpaired) electrons. The Bertz CT molecular complexity index is 252. The summed E-state index contributed by atoms with van der Waals surface area (Å²) in [4.78, 5) is 10.8. The molecule has 0 fully saturated rings. The van der Waals surface area contributed by atoms with Crippen LogP contribution in [0.4, 0.5) is 0 Å². The zero-order valence-corrected chi connectivity index (χ0v) is 13.7. The van der Waals surface area contributed by atoms with Crippen molar-refractivity contribution in [3.05, 3.63) is 12.2 Å². The molecule has 0 bridgehead atoms. The van der Waals surface area contributed by atoms with Crippen molar-refractivity contribution in [2.24, 2.45) is 17.8 Å². The van der Waals surface area contributed by atoms with E-state index in [4.69, 9.17) is 0 Å². The Morgan fingerprint density at radius 2 is 1.42 bits per heavy atom. The van der Waals surface area contributed by atoms with Crippen LogP contribution in [0.15, 0.2) is 12.2 Å². The number of rotatable bonds is 11. The van der Waals surface area contributed by atoms with Gasteiger partial charge in [0.2, 0.25) is 0 Å². The Labute approximate surface area is 120 Å². The number of carbonyl (C=O) groups excluding carboxylic acids is 1. The quantitative estimate of drug-likeness (QED) is 0.432. The molecular formula is C18H34O. The maximum Gasteiger partial charge on any atom is 0.152 e. The summed E-state index contributed by atoms with van der Waals surface area (Å²) in [6.07, 6.45) is 12.9. The molecule has 0 aromatic heterocycles. The van der Waals surface area contributed by atoms with E-state index in [-0.39, 0.29) is 5.78 Å². The van der Waals surface area contributed by atoms with Crippen molar-refractivity contribution in [1.82, 2.24) is 0 Å². The standard InChI is InChI=1S/C18H34O/c1-15(2)9-6-10-16(3)11-7-12-17(4)13-8-14-18(5)19/h8,14-17H,6-7,9-13H2,1-5H3. The molecule has 0 aliphatic carbocycles. The summed E-state index contributed by atoms with van der Waals surface area (Å²) < 4.78 is 0. The van der Waals surface area contributed by atoms with Crippen LogP contribution in [-0.2, 0) is 4.79 Å². The fourth-order valence-corrected chi connectivity index (χ4v) is 2.42. The van der Waals surface area contributed by atoms with Crippen molar-refractivity contribution in [3.63, 3.8) is 0 Å². The first-order valence-corrected chi connectivity index (χ1v) is 8.09. The molecule has 1 heteroatoms. The fourth-order valence-electron chi connectivity index (χ4n) is 2.42. The van der Waals surface area contributed by atoms with Gasteiger partial charge >= 0.3 is 0 Å². The second kappa shape index (κ2) is 11.3. The van der Waals surface area contributed by atoms with Gasteiger partial charge in [0.25, 0.3) is 0 Å². The van der Waals surface area contributed by atoms with Crippen LogP contribution in [0.5, 0.6) is 0 Å². The zero-order chi connectivity index (χ0) is 14.7. The van der Waals surface area contributed by atoms with Crippen molar-refractivity contribution in [2.45, 2.75) is 79.6 Å². The smallest absolute Gasteiger partial charge is 0.152 e. The molecule has 0 rings (SSSR count). The van der Waals surface area contributed by atoms with E-state index in [0.717, 1.165) is 18.3 Å². The Balaban J connectivity index is 3.52. The lowest BCUT2D eigenvalue weighted by Gasteiger charge is -2.14. The van der Waals surface area contributed by atoms with Crippen LogP contribution in [-0.4, -0.2) is 5.78 Å². The second-order valence-corrected chi connectivity index (χ2v) is 6.71. The molecular weight excluding hydrogens is 232 g/mol. The van der Waals surface area contributed by atoms with Gasteiger partial charge in [-0.15, -0.1) is 0 Å². The fraction of sp³-hybridized carbons (Fsp3) is 0.833. The van der Waals surface area contributed by atoms with E-state index >= 15 is 0 Å². The molecule has 0 N–H and O–H groups in total. The lowest BCUT2D eigenvalue weighted by atomic mass is 9.92. The van der Waals surface area contributed by atoms with Crippen LogP contribution in [0.1, 0.15) is 79.6 Å². The largest absolute Gasteiger partial charge is 0.295 e. The number of hydrogen-bond donors (Lipinski definition) is 0. The van der Waals surface area contributed by atoms with Gasteiger partial charge in [-0.1, -0.05) is 72.3 Å². The predicted octanol–water partition coefficient (Wildman–Crippen LogP) is 5.79. The molecule has 2 unspecified atom stereocenters. The average Bonchev–Trinajstić information content (AvgIpc) is 2.27. The highest BCUT2D eigenvalue weighted by atomic mass is 16.1. The Kier molecular flexibility index (Phi) is 10.9. The first-order chi connectivity index (χ1) is 8.91. The molecule has 0 aliphatic heterocycles. The van der Waals surface area contributed by atoms with Gasteiger partial charge in [0.1, 0.15) is 0 Å². The Morgan fingerprint density at radius 3 is 1.95 bits per heavy atom. The van der Waals surface area contributed by atoms with Gasteiger partial charge in [0.05, 0.1) is 0 Å². The third-order valence-corrected chi connectivity index (χ3v) is 3.76. The zero-order valence-electron chi connectivity index (χ0n) is 13.7. The average molecular weight is 266 g/mol. The summed E-state index contributed by atoms with van der Waals surface area (Å²) in [6, 6.07) is 0. The van der Waals surface area contributed by atoms with E-state index in [1.165, 1.54) is 38.5 Å². The minimum absolute atomic E-state index is 0.158. The first-order valence-electron chi connectivity index (χ1n) is 8.09. The van der Waals surface area contributed by atoms with Crippen molar-refractivity contribution >= 4 is 5.78 Å². The Hall–Kier alpha value is -0.590. The minimum Gasteiger partial charge on any atom is -0.295 e. The second-order valence-electron chi connectivity index (χ2n) is 6.71. The number of allylic oxidation sites excluding steroid dienone is 2. The van der Waals surface area contributed by atoms with Crippen LogP contribution in [0.2, 0.25) is 0 Å². The molecule has 0 heterocycles. The van der Waals surface area contributed by atoms with Gasteiger partial charge in [-0.25, -0.2) is 0 Å². The SMILES string of the molecule is CC(=O)C=CCC(C)CCCC(C)CCCC(C)C. The van der Waals surface area contributed by atoms with E-state index in [9.17, 15) is 4.79 Å². The number of ketones is 1. The summed E-state index contributed by atoms with van der Waals surface area (Å²) in [5, 5.41) is 0. The third kappa shape index (κ3) is 13.6. The van der Waals surface area contributed by atoms with Gasteiger partial charge in [-0.05, 0) is 37.2 Å². The topological polar surface area (TPSA) is 17.1 Å². The van der Waals surface area contributed by atoms with Gasteiger partial charge in [0, 0.05) is 0 Å². The van der Waals surface area contributed by atoms with E-state index in [1.54, 1.807) is 13.0 Å². The summed E-state index contributed by atoms with van der Waals surface area (Å²) >= 11 is 0. The predicted molar refractivity (Wildman–Crippen MR) is 85.3 cm³/mol. The highest BCUT2D eigenvalue weighted by Gasteiger charge is 2.05. The number of hydrogen-bond acceptors (Lipinski definition) is 1. The van der Waals surface area contributed by atoms with Crippen LogP contribution < -0.4 is 0 Å². The maximum atomic E-state index is 10.8. The molecule has 0 aromatic rings. The molecule has 0 spiro atoms. The third-order valence-electron chi connectivity index (χ3n) is 3.76. The molecule has 0 amide bonds. The molecule has 2 atom stereocenters. The van der Waals surface area contributed by atoms with Gasteiger partial charge in [-0.2, -0.15) is 0 Å². The summed E-state index contributed by atoms with van der Waals surface area (Å²) in [6.45, 7) is 10.9. The van der Waals surface area contributed by atoms with E-state index in [0.29, 0.717) is 5.92 Å². The highest BCUT2D eigenvalue weighted by Crippen LogP contribution is 2.20. The minimum atomic E-state index is 0.158.